The molecule has 1 atom stereocenters. The molecule has 2 aromatic carbocycles. The van der Waals surface area contributed by atoms with Gasteiger partial charge in [-0.3, -0.25) is 0 Å². The van der Waals surface area contributed by atoms with E-state index in [-0.39, 0.29) is 6.61 Å². The van der Waals surface area contributed by atoms with Crippen molar-refractivity contribution in [3.63, 3.8) is 0 Å². The molecule has 0 fully saturated rings. The summed E-state index contributed by atoms with van der Waals surface area (Å²) in [5.74, 6) is 0. The van der Waals surface area contributed by atoms with E-state index in [1.807, 2.05) is 54.7 Å². The maximum Gasteiger partial charge on any atom is 0.0871 e. The highest BCUT2D eigenvalue weighted by Crippen LogP contribution is 2.28. The zero-order chi connectivity index (χ0) is 14.7. The highest BCUT2D eigenvalue weighted by Gasteiger charge is 2.15. The van der Waals surface area contributed by atoms with Crippen LogP contribution in [0, 0.1) is 0 Å². The van der Waals surface area contributed by atoms with Crippen LogP contribution in [0.15, 0.2) is 64.5 Å². The topological polar surface area (TPSA) is 53.1 Å². The maximum absolute atomic E-state index is 12.8. The molecule has 3 aromatic rings. The third-order valence-corrected chi connectivity index (χ3v) is 4.94. The number of benzene rings is 2. The Morgan fingerprint density at radius 3 is 2.62 bits per heavy atom. The second-order valence-corrected chi connectivity index (χ2v) is 6.35. The van der Waals surface area contributed by atoms with Gasteiger partial charge in [-0.05, 0) is 36.6 Å². The number of hydrogen-bond donors (Lipinski definition) is 2. The normalized spacial score (nSPS) is 12.6. The fraction of sp³-hybridized carbons (Fsp3) is 0.176. The van der Waals surface area contributed by atoms with Crippen LogP contribution in [0.25, 0.3) is 10.9 Å². The number of aromatic nitrogens is 1. The molecule has 0 amide bonds. The summed E-state index contributed by atoms with van der Waals surface area (Å²) in [7, 11) is -1.20. The molecule has 2 N–H and O–H groups in total. The molecule has 1 heterocycles. The lowest BCUT2D eigenvalue weighted by Crippen LogP contribution is -1.95. The van der Waals surface area contributed by atoms with Crippen LogP contribution in [-0.2, 0) is 17.2 Å². The number of aliphatic hydroxyl groups is 1. The first-order valence-electron chi connectivity index (χ1n) is 6.98. The number of aromatic amines is 1. The molecule has 4 heteroatoms. The Morgan fingerprint density at radius 2 is 1.86 bits per heavy atom. The molecule has 1 unspecified atom stereocenters. The molecule has 1 aromatic heterocycles. The van der Waals surface area contributed by atoms with Gasteiger partial charge in [-0.1, -0.05) is 30.3 Å². The van der Waals surface area contributed by atoms with E-state index in [0.717, 1.165) is 32.7 Å². The molecule has 108 valence electrons. The summed E-state index contributed by atoms with van der Waals surface area (Å²) in [6.07, 6.45) is 3.32. The van der Waals surface area contributed by atoms with Crippen molar-refractivity contribution >= 4 is 21.7 Å². The van der Waals surface area contributed by atoms with Crippen LogP contribution < -0.4 is 0 Å². The van der Waals surface area contributed by atoms with Crippen molar-refractivity contribution in [2.45, 2.75) is 22.6 Å². The van der Waals surface area contributed by atoms with Crippen LogP contribution in [-0.4, -0.2) is 20.9 Å². The van der Waals surface area contributed by atoms with Gasteiger partial charge in [0.15, 0.2) is 0 Å². The summed E-state index contributed by atoms with van der Waals surface area (Å²) >= 11 is 0. The molecule has 0 saturated carbocycles. The van der Waals surface area contributed by atoms with Gasteiger partial charge < -0.3 is 10.1 Å². The van der Waals surface area contributed by atoms with E-state index in [2.05, 4.69) is 4.98 Å². The average Bonchev–Trinajstić information content (AvgIpc) is 2.97. The molecule has 0 aliphatic rings. The number of fused-ring (bicyclic) bond motifs is 1. The van der Waals surface area contributed by atoms with Gasteiger partial charge in [-0.15, -0.1) is 0 Å². The van der Waals surface area contributed by atoms with Crippen LogP contribution >= 0.6 is 0 Å². The Hall–Kier alpha value is -1.91. The number of H-pyrrole nitrogens is 1. The molecule has 0 spiro atoms. The standard InChI is InChI=1S/C17H17NO2S/c19-11-5-7-13-6-4-10-15-17(13)16(12-18-15)21(20)14-8-2-1-3-9-14/h1-4,6,8-10,12,18-19H,5,7,11H2. The van der Waals surface area contributed by atoms with Crippen LogP contribution in [0.2, 0.25) is 0 Å². The Morgan fingerprint density at radius 1 is 1.05 bits per heavy atom. The Balaban J connectivity index is 2.08. The van der Waals surface area contributed by atoms with Crippen LogP contribution in [0.5, 0.6) is 0 Å². The van der Waals surface area contributed by atoms with E-state index in [9.17, 15) is 4.21 Å². The smallest absolute Gasteiger partial charge is 0.0871 e. The number of aliphatic hydroxyl groups excluding tert-OH is 1. The van der Waals surface area contributed by atoms with Crippen LogP contribution in [0.4, 0.5) is 0 Å². The third-order valence-electron chi connectivity index (χ3n) is 3.52. The molecule has 3 nitrogen and oxygen atoms in total. The van der Waals surface area contributed by atoms with Gasteiger partial charge in [0.2, 0.25) is 0 Å². The Labute approximate surface area is 126 Å². The number of aryl methyl sites for hydroxylation is 1. The van der Waals surface area contributed by atoms with E-state index < -0.39 is 10.8 Å². The van der Waals surface area contributed by atoms with Gasteiger partial charge in [-0.25, -0.2) is 4.21 Å². The van der Waals surface area contributed by atoms with Crippen molar-refractivity contribution < 1.29 is 9.32 Å². The summed E-state index contributed by atoms with van der Waals surface area (Å²) < 4.78 is 12.8. The monoisotopic (exact) mass is 299 g/mol. The lowest BCUT2D eigenvalue weighted by atomic mass is 10.1. The van der Waals surface area contributed by atoms with Crippen molar-refractivity contribution in [2.24, 2.45) is 0 Å². The molecule has 0 radical (unpaired) electrons. The number of rotatable bonds is 5. The molecular weight excluding hydrogens is 282 g/mol. The lowest BCUT2D eigenvalue weighted by Gasteiger charge is -2.06. The van der Waals surface area contributed by atoms with Gasteiger partial charge in [0, 0.05) is 28.6 Å². The molecule has 0 aliphatic heterocycles. The molecule has 0 aliphatic carbocycles. The minimum absolute atomic E-state index is 0.165. The predicted molar refractivity (Wildman–Crippen MR) is 84.8 cm³/mol. The predicted octanol–water partition coefficient (Wildman–Crippen LogP) is 3.26. The van der Waals surface area contributed by atoms with Crippen molar-refractivity contribution in [1.29, 1.82) is 0 Å². The summed E-state index contributed by atoms with van der Waals surface area (Å²) in [5, 5.41) is 10.1. The third kappa shape index (κ3) is 2.77. The lowest BCUT2D eigenvalue weighted by molar-refractivity contribution is 0.289. The quantitative estimate of drug-likeness (QED) is 0.760. The first-order chi connectivity index (χ1) is 10.3. The summed E-state index contributed by atoms with van der Waals surface area (Å²) in [4.78, 5) is 4.81. The number of nitrogens with one attached hydrogen (secondary N) is 1. The SMILES string of the molecule is O=S(c1ccccc1)c1c[nH]c2cccc(CCCO)c12. The van der Waals surface area contributed by atoms with E-state index in [4.69, 9.17) is 5.11 Å². The van der Waals surface area contributed by atoms with E-state index in [1.165, 1.54) is 0 Å². The van der Waals surface area contributed by atoms with E-state index in [1.54, 1.807) is 0 Å². The van der Waals surface area contributed by atoms with Gasteiger partial charge in [-0.2, -0.15) is 0 Å². The zero-order valence-electron chi connectivity index (χ0n) is 11.6. The molecular formula is C17H17NO2S. The fourth-order valence-corrected chi connectivity index (χ4v) is 3.77. The van der Waals surface area contributed by atoms with Crippen molar-refractivity contribution in [3.05, 3.63) is 60.3 Å². The molecule has 0 saturated heterocycles. The second kappa shape index (κ2) is 6.24. The first-order valence-corrected chi connectivity index (χ1v) is 8.13. The van der Waals surface area contributed by atoms with E-state index in [0.29, 0.717) is 6.42 Å². The van der Waals surface area contributed by atoms with Gasteiger partial charge in [0.05, 0.1) is 15.7 Å². The van der Waals surface area contributed by atoms with Gasteiger partial charge >= 0.3 is 0 Å². The highest BCUT2D eigenvalue weighted by molar-refractivity contribution is 7.85. The molecule has 21 heavy (non-hydrogen) atoms. The van der Waals surface area contributed by atoms with Crippen molar-refractivity contribution in [2.75, 3.05) is 6.61 Å². The van der Waals surface area contributed by atoms with E-state index >= 15 is 0 Å². The maximum atomic E-state index is 12.8. The minimum Gasteiger partial charge on any atom is -0.396 e. The van der Waals surface area contributed by atoms with Gasteiger partial charge in [0.1, 0.15) is 0 Å². The van der Waals surface area contributed by atoms with Crippen LogP contribution in [0.3, 0.4) is 0 Å². The second-order valence-electron chi connectivity index (χ2n) is 4.90. The average molecular weight is 299 g/mol. The summed E-state index contributed by atoms with van der Waals surface area (Å²) in [5.41, 5.74) is 2.12. The molecule has 3 rings (SSSR count). The largest absolute Gasteiger partial charge is 0.396 e. The van der Waals surface area contributed by atoms with Crippen molar-refractivity contribution in [3.8, 4) is 0 Å². The zero-order valence-corrected chi connectivity index (χ0v) is 12.4. The Kier molecular flexibility index (Phi) is 4.18. The highest BCUT2D eigenvalue weighted by atomic mass is 32.2. The van der Waals surface area contributed by atoms with Gasteiger partial charge in [0.25, 0.3) is 0 Å². The van der Waals surface area contributed by atoms with Crippen molar-refractivity contribution in [1.82, 2.24) is 4.98 Å². The Bertz CT molecular complexity index is 765. The van der Waals surface area contributed by atoms with Crippen LogP contribution in [0.1, 0.15) is 12.0 Å². The summed E-state index contributed by atoms with van der Waals surface area (Å²) in [6.45, 7) is 0.165. The fourth-order valence-electron chi connectivity index (χ4n) is 2.52. The number of hydrogen-bond acceptors (Lipinski definition) is 2. The first kappa shape index (κ1) is 14.0. The minimum atomic E-state index is -1.20. The summed E-state index contributed by atoms with van der Waals surface area (Å²) in [6, 6.07) is 15.5. The molecule has 0 bridgehead atoms.